The average Bonchev–Trinajstić information content (AvgIpc) is 2.88. The Balaban J connectivity index is 2.21. The third kappa shape index (κ3) is 2.74. The minimum absolute atomic E-state index is 0.00144. The second-order valence-corrected chi connectivity index (χ2v) is 4.22. The molecule has 0 aliphatic carbocycles. The smallest absolute Gasteiger partial charge is 0.356 e. The van der Waals surface area contributed by atoms with Gasteiger partial charge in [-0.2, -0.15) is 5.10 Å². The summed E-state index contributed by atoms with van der Waals surface area (Å²) >= 11 is 0. The highest BCUT2D eigenvalue weighted by molar-refractivity contribution is 5.91. The number of aromatic nitrogens is 2. The van der Waals surface area contributed by atoms with E-state index < -0.39 is 10.9 Å². The highest BCUT2D eigenvalue weighted by Crippen LogP contribution is 2.20. The zero-order chi connectivity index (χ0) is 14.7. The van der Waals surface area contributed by atoms with Crippen molar-refractivity contribution in [1.29, 1.82) is 0 Å². The summed E-state index contributed by atoms with van der Waals surface area (Å²) in [6.45, 7) is 0.335. The molecule has 0 aliphatic rings. The Morgan fingerprint density at radius 3 is 2.95 bits per heavy atom. The molecule has 0 radical (unpaired) electrons. The Labute approximate surface area is 113 Å². The van der Waals surface area contributed by atoms with Crippen molar-refractivity contribution in [2.24, 2.45) is 0 Å². The van der Waals surface area contributed by atoms with Crippen LogP contribution in [-0.4, -0.2) is 33.2 Å². The number of carboxylic acids is 1. The number of H-pyrrole nitrogens is 1. The Bertz CT molecular complexity index is 652. The average molecular weight is 276 g/mol. The van der Waals surface area contributed by atoms with Crippen LogP contribution in [0.4, 0.5) is 11.4 Å². The fraction of sp³-hybridized carbons (Fsp3) is 0.167. The zero-order valence-corrected chi connectivity index (χ0v) is 10.6. The van der Waals surface area contributed by atoms with E-state index in [1.54, 1.807) is 24.1 Å². The van der Waals surface area contributed by atoms with Crippen LogP contribution < -0.4 is 4.90 Å². The van der Waals surface area contributed by atoms with E-state index in [1.165, 1.54) is 18.3 Å². The standard InChI is InChI=1S/C12H12N4O4/c1-15(10-6-13-14-11(10)12(17)18)7-8-3-2-4-9(5-8)16(19)20/h2-6H,7H2,1H3,(H,13,14)(H,17,18). The van der Waals surface area contributed by atoms with Gasteiger partial charge in [0, 0.05) is 25.7 Å². The lowest BCUT2D eigenvalue weighted by atomic mass is 10.2. The maximum absolute atomic E-state index is 11.0. The predicted molar refractivity (Wildman–Crippen MR) is 70.8 cm³/mol. The first-order valence-electron chi connectivity index (χ1n) is 5.70. The summed E-state index contributed by atoms with van der Waals surface area (Å²) in [6, 6.07) is 6.19. The first kappa shape index (κ1) is 13.5. The number of hydrogen-bond donors (Lipinski definition) is 2. The summed E-state index contributed by atoms with van der Waals surface area (Å²) < 4.78 is 0. The minimum Gasteiger partial charge on any atom is -0.476 e. The molecule has 8 nitrogen and oxygen atoms in total. The van der Waals surface area contributed by atoms with Crippen molar-refractivity contribution in [2.45, 2.75) is 6.54 Å². The topological polar surface area (TPSA) is 112 Å². The van der Waals surface area contributed by atoms with E-state index in [0.29, 0.717) is 17.8 Å². The van der Waals surface area contributed by atoms with Gasteiger partial charge in [0.05, 0.1) is 16.8 Å². The fourth-order valence-electron chi connectivity index (χ4n) is 1.85. The summed E-state index contributed by atoms with van der Waals surface area (Å²) in [5, 5.41) is 25.8. The zero-order valence-electron chi connectivity index (χ0n) is 10.6. The summed E-state index contributed by atoms with van der Waals surface area (Å²) in [5.74, 6) is -1.11. The Morgan fingerprint density at radius 2 is 2.30 bits per heavy atom. The van der Waals surface area contributed by atoms with Gasteiger partial charge < -0.3 is 10.0 Å². The van der Waals surface area contributed by atoms with Crippen molar-refractivity contribution in [3.63, 3.8) is 0 Å². The molecule has 104 valence electrons. The van der Waals surface area contributed by atoms with Gasteiger partial charge in [0.2, 0.25) is 0 Å². The van der Waals surface area contributed by atoms with E-state index >= 15 is 0 Å². The molecule has 0 saturated heterocycles. The van der Waals surface area contributed by atoms with Gasteiger partial charge in [-0.15, -0.1) is 0 Å². The second-order valence-electron chi connectivity index (χ2n) is 4.22. The van der Waals surface area contributed by atoms with Crippen molar-refractivity contribution in [2.75, 3.05) is 11.9 Å². The second kappa shape index (κ2) is 5.39. The van der Waals surface area contributed by atoms with Crippen LogP contribution in [0.25, 0.3) is 0 Å². The van der Waals surface area contributed by atoms with E-state index in [9.17, 15) is 14.9 Å². The van der Waals surface area contributed by atoms with Gasteiger partial charge in [0.25, 0.3) is 5.69 Å². The molecule has 8 heteroatoms. The number of anilines is 1. The number of aromatic carboxylic acids is 1. The number of non-ortho nitro benzene ring substituents is 1. The van der Waals surface area contributed by atoms with E-state index in [1.807, 2.05) is 0 Å². The molecular formula is C12H12N4O4. The van der Waals surface area contributed by atoms with Crippen molar-refractivity contribution in [1.82, 2.24) is 10.2 Å². The molecule has 0 bridgehead atoms. The number of aromatic amines is 1. The maximum atomic E-state index is 11.0. The maximum Gasteiger partial charge on any atom is 0.356 e. The van der Waals surface area contributed by atoms with Gasteiger partial charge >= 0.3 is 5.97 Å². The van der Waals surface area contributed by atoms with Crippen LogP contribution in [0.2, 0.25) is 0 Å². The largest absolute Gasteiger partial charge is 0.476 e. The number of nitro groups is 1. The van der Waals surface area contributed by atoms with Crippen LogP contribution >= 0.6 is 0 Å². The van der Waals surface area contributed by atoms with Gasteiger partial charge in [-0.05, 0) is 5.56 Å². The normalized spacial score (nSPS) is 10.2. The fourth-order valence-corrected chi connectivity index (χ4v) is 1.85. The molecule has 1 aromatic carbocycles. The Morgan fingerprint density at radius 1 is 1.55 bits per heavy atom. The lowest BCUT2D eigenvalue weighted by Gasteiger charge is -2.17. The quantitative estimate of drug-likeness (QED) is 0.634. The molecule has 0 atom stereocenters. The molecule has 2 aromatic rings. The molecule has 0 unspecified atom stereocenters. The third-order valence-corrected chi connectivity index (χ3v) is 2.79. The molecule has 0 aliphatic heterocycles. The van der Waals surface area contributed by atoms with Gasteiger partial charge in [0.15, 0.2) is 5.69 Å². The molecule has 0 fully saturated rings. The summed E-state index contributed by atoms with van der Waals surface area (Å²) in [5.41, 5.74) is 1.11. The molecule has 1 heterocycles. The van der Waals surface area contributed by atoms with Crippen LogP contribution in [0.5, 0.6) is 0 Å². The van der Waals surface area contributed by atoms with Crippen LogP contribution in [-0.2, 0) is 6.54 Å². The molecule has 0 spiro atoms. The van der Waals surface area contributed by atoms with E-state index in [2.05, 4.69) is 10.2 Å². The molecule has 0 saturated carbocycles. The lowest BCUT2D eigenvalue weighted by Crippen LogP contribution is -2.18. The number of nitro benzene ring substituents is 1. The van der Waals surface area contributed by atoms with Crippen molar-refractivity contribution >= 4 is 17.3 Å². The third-order valence-electron chi connectivity index (χ3n) is 2.79. The number of nitrogens with zero attached hydrogens (tertiary/aromatic N) is 3. The Kier molecular flexibility index (Phi) is 3.65. The minimum atomic E-state index is -1.11. The number of benzene rings is 1. The summed E-state index contributed by atoms with van der Waals surface area (Å²) in [7, 11) is 1.69. The van der Waals surface area contributed by atoms with E-state index in [-0.39, 0.29) is 11.4 Å². The molecule has 0 amide bonds. The van der Waals surface area contributed by atoms with E-state index in [4.69, 9.17) is 5.11 Å². The van der Waals surface area contributed by atoms with Gasteiger partial charge in [-0.3, -0.25) is 15.2 Å². The van der Waals surface area contributed by atoms with Crippen LogP contribution in [0.3, 0.4) is 0 Å². The van der Waals surface area contributed by atoms with Crippen molar-refractivity contribution < 1.29 is 14.8 Å². The number of nitrogens with one attached hydrogen (secondary N) is 1. The number of carboxylic acid groups (broad SMARTS) is 1. The summed E-state index contributed by atoms with van der Waals surface area (Å²) in [4.78, 5) is 22.9. The first-order valence-corrected chi connectivity index (χ1v) is 5.70. The molecule has 1 aromatic heterocycles. The van der Waals surface area contributed by atoms with Gasteiger partial charge in [-0.25, -0.2) is 4.79 Å². The van der Waals surface area contributed by atoms with Crippen LogP contribution in [0.1, 0.15) is 16.1 Å². The van der Waals surface area contributed by atoms with Crippen LogP contribution in [0.15, 0.2) is 30.5 Å². The first-order chi connectivity index (χ1) is 9.49. The SMILES string of the molecule is CN(Cc1cccc([N+](=O)[O-])c1)c1cn[nH]c1C(=O)O. The van der Waals surface area contributed by atoms with E-state index in [0.717, 1.165) is 0 Å². The number of hydrogen-bond acceptors (Lipinski definition) is 5. The van der Waals surface area contributed by atoms with Crippen molar-refractivity contribution in [3.05, 3.63) is 51.8 Å². The highest BCUT2D eigenvalue weighted by Gasteiger charge is 2.16. The lowest BCUT2D eigenvalue weighted by molar-refractivity contribution is -0.384. The monoisotopic (exact) mass is 276 g/mol. The number of carbonyl (C=O) groups is 1. The van der Waals surface area contributed by atoms with Gasteiger partial charge in [-0.1, -0.05) is 12.1 Å². The van der Waals surface area contributed by atoms with Gasteiger partial charge in [0.1, 0.15) is 0 Å². The summed E-state index contributed by atoms with van der Waals surface area (Å²) in [6.07, 6.45) is 1.40. The van der Waals surface area contributed by atoms with Crippen molar-refractivity contribution in [3.8, 4) is 0 Å². The predicted octanol–water partition coefficient (Wildman–Crippen LogP) is 1.65. The molecule has 2 rings (SSSR count). The number of rotatable bonds is 5. The molecule has 20 heavy (non-hydrogen) atoms. The van der Waals surface area contributed by atoms with Crippen LogP contribution in [0, 0.1) is 10.1 Å². The molecule has 2 N–H and O–H groups in total. The Hall–Kier alpha value is -2.90. The highest BCUT2D eigenvalue weighted by atomic mass is 16.6. The molecular weight excluding hydrogens is 264 g/mol.